The molecule has 1 radical (unpaired) electrons. The Balaban J connectivity index is 0.000000811. The molecule has 0 aromatic carbocycles. The van der Waals surface area contributed by atoms with Crippen LogP contribution in [0.4, 0.5) is 0 Å². The molecule has 0 unspecified atom stereocenters. The molecule has 0 fully saturated rings. The summed E-state index contributed by atoms with van der Waals surface area (Å²) in [6.45, 7) is 9.14. The standard InChI is InChI=1S/C9H11N4O.C2H5.Y/c1-2-14-4-3-13-7-12-8-5-10-6-11-9(8)13;1-2;/h6-7H,2-4H2,1H3;1H2,2H3;/q2*-1;. The smallest absolute Gasteiger partial charge is 0.0835 e. The molecule has 17 heavy (non-hydrogen) atoms. The molecule has 0 saturated carbocycles. The summed E-state index contributed by atoms with van der Waals surface area (Å²) in [6, 6.07) is 0. The van der Waals surface area contributed by atoms with Crippen LogP contribution in [0.25, 0.3) is 11.2 Å². The third-order valence-electron chi connectivity index (χ3n) is 1.90. The molecule has 5 nitrogen and oxygen atoms in total. The van der Waals surface area contributed by atoms with Gasteiger partial charge >= 0.3 is 0 Å². The molecule has 0 aliphatic rings. The monoisotopic (exact) mass is 309 g/mol. The SMILES string of the molecule is CCOCCn1cnc2[c-]ncnc21.[CH2-]C.[Y]. The molecular formula is C11H16N4OY-2. The van der Waals surface area contributed by atoms with Gasteiger partial charge in [0.05, 0.1) is 12.9 Å². The van der Waals surface area contributed by atoms with Crippen LogP contribution in [-0.4, -0.2) is 32.7 Å². The molecule has 91 valence electrons. The van der Waals surface area contributed by atoms with Crippen molar-refractivity contribution < 1.29 is 37.4 Å². The summed E-state index contributed by atoms with van der Waals surface area (Å²) in [7, 11) is 0. The summed E-state index contributed by atoms with van der Waals surface area (Å²) in [6.07, 6.45) is 5.98. The Morgan fingerprint density at radius 1 is 1.41 bits per heavy atom. The number of ether oxygens (including phenoxy) is 1. The van der Waals surface area contributed by atoms with E-state index in [-0.39, 0.29) is 32.7 Å². The fourth-order valence-corrected chi connectivity index (χ4v) is 1.23. The second-order valence-corrected chi connectivity index (χ2v) is 2.79. The van der Waals surface area contributed by atoms with Gasteiger partial charge in [-0.2, -0.15) is 6.92 Å². The predicted octanol–water partition coefficient (Wildman–Crippen LogP) is 1.50. The maximum Gasteiger partial charge on any atom is 0.0835 e. The summed E-state index contributed by atoms with van der Waals surface area (Å²) >= 11 is 0. The van der Waals surface area contributed by atoms with Crippen LogP contribution < -0.4 is 0 Å². The zero-order chi connectivity index (χ0) is 11.8. The van der Waals surface area contributed by atoms with E-state index in [2.05, 4.69) is 28.1 Å². The first kappa shape index (κ1) is 16.6. The number of fused-ring (bicyclic) bond motifs is 1. The second-order valence-electron chi connectivity index (χ2n) is 2.79. The quantitative estimate of drug-likeness (QED) is 0.634. The van der Waals surface area contributed by atoms with Crippen molar-refractivity contribution in [3.63, 3.8) is 0 Å². The van der Waals surface area contributed by atoms with Crippen LogP contribution in [0.5, 0.6) is 0 Å². The van der Waals surface area contributed by atoms with Crippen LogP contribution in [0.3, 0.4) is 0 Å². The van der Waals surface area contributed by atoms with E-state index >= 15 is 0 Å². The Kier molecular flexibility index (Phi) is 9.41. The van der Waals surface area contributed by atoms with Gasteiger partial charge in [0.2, 0.25) is 0 Å². The van der Waals surface area contributed by atoms with Crippen molar-refractivity contribution in [2.45, 2.75) is 20.4 Å². The fourth-order valence-electron chi connectivity index (χ4n) is 1.23. The average molecular weight is 309 g/mol. The third-order valence-corrected chi connectivity index (χ3v) is 1.90. The van der Waals surface area contributed by atoms with Gasteiger partial charge in [-0.1, -0.05) is 0 Å². The topological polar surface area (TPSA) is 52.8 Å². The van der Waals surface area contributed by atoms with E-state index in [1.165, 1.54) is 6.33 Å². The van der Waals surface area contributed by atoms with Gasteiger partial charge in [-0.3, -0.25) is 4.98 Å². The summed E-state index contributed by atoms with van der Waals surface area (Å²) in [5, 5.41) is 0. The molecule has 2 aromatic heterocycles. The van der Waals surface area contributed by atoms with Crippen LogP contribution in [0.15, 0.2) is 12.7 Å². The molecule has 0 aliphatic heterocycles. The molecule has 0 N–H and O–H groups in total. The van der Waals surface area contributed by atoms with Gasteiger partial charge < -0.3 is 26.2 Å². The van der Waals surface area contributed by atoms with Gasteiger partial charge in [-0.15, -0.1) is 0 Å². The third kappa shape index (κ3) is 4.78. The Hall–Kier alpha value is -0.386. The molecule has 0 atom stereocenters. The molecule has 0 amide bonds. The van der Waals surface area contributed by atoms with Crippen LogP contribution in [-0.2, 0) is 44.0 Å². The fraction of sp³-hybridized carbons (Fsp3) is 0.455. The minimum Gasteiger partial charge on any atom is -0.380 e. The Morgan fingerprint density at radius 2 is 2.18 bits per heavy atom. The first-order chi connectivity index (χ1) is 7.92. The van der Waals surface area contributed by atoms with Crippen molar-refractivity contribution in [3.8, 4) is 0 Å². The number of imidazole rings is 1. The molecular weight excluding hydrogens is 293 g/mol. The predicted molar refractivity (Wildman–Crippen MR) is 61.7 cm³/mol. The Morgan fingerprint density at radius 3 is 2.88 bits per heavy atom. The molecule has 2 aromatic rings. The molecule has 0 saturated heterocycles. The summed E-state index contributed by atoms with van der Waals surface area (Å²) < 4.78 is 7.19. The van der Waals surface area contributed by atoms with E-state index < -0.39 is 0 Å². The first-order valence-corrected chi connectivity index (χ1v) is 5.24. The Bertz CT molecular complexity index is 419. The van der Waals surface area contributed by atoms with Crippen molar-refractivity contribution in [3.05, 3.63) is 25.8 Å². The van der Waals surface area contributed by atoms with Crippen LogP contribution in [0.1, 0.15) is 13.8 Å². The molecule has 6 heteroatoms. The summed E-state index contributed by atoms with van der Waals surface area (Å²) in [5.74, 6) is 0. The summed E-state index contributed by atoms with van der Waals surface area (Å²) in [4.78, 5) is 12.0. The van der Waals surface area contributed by atoms with E-state index in [1.807, 2.05) is 11.5 Å². The number of hydrogen-bond donors (Lipinski definition) is 0. The van der Waals surface area contributed by atoms with E-state index in [1.54, 1.807) is 13.3 Å². The van der Waals surface area contributed by atoms with Crippen molar-refractivity contribution in [1.82, 2.24) is 19.5 Å². The van der Waals surface area contributed by atoms with E-state index in [9.17, 15) is 0 Å². The van der Waals surface area contributed by atoms with E-state index in [0.29, 0.717) is 12.1 Å². The van der Waals surface area contributed by atoms with Crippen molar-refractivity contribution >= 4 is 11.2 Å². The van der Waals surface area contributed by atoms with Crippen molar-refractivity contribution in [2.24, 2.45) is 0 Å². The maximum atomic E-state index is 5.25. The van der Waals surface area contributed by atoms with Gasteiger partial charge in [-0.05, 0) is 13.1 Å². The molecule has 2 rings (SSSR count). The Labute approximate surface area is 127 Å². The van der Waals surface area contributed by atoms with Crippen LogP contribution >= 0.6 is 0 Å². The van der Waals surface area contributed by atoms with Crippen molar-refractivity contribution in [1.29, 1.82) is 0 Å². The number of aromatic nitrogens is 4. The average Bonchev–Trinajstić information content (AvgIpc) is 2.76. The zero-order valence-electron chi connectivity index (χ0n) is 10.3. The minimum atomic E-state index is 0. The maximum absolute atomic E-state index is 5.25. The van der Waals surface area contributed by atoms with Gasteiger partial charge in [0.25, 0.3) is 0 Å². The molecule has 2 heterocycles. The molecule has 0 aliphatic carbocycles. The largest absolute Gasteiger partial charge is 0.380 e. The van der Waals surface area contributed by atoms with E-state index in [0.717, 1.165) is 18.8 Å². The molecule has 0 bridgehead atoms. The number of hydrogen-bond acceptors (Lipinski definition) is 4. The van der Waals surface area contributed by atoms with Crippen LogP contribution in [0.2, 0.25) is 0 Å². The second kappa shape index (κ2) is 9.62. The van der Waals surface area contributed by atoms with Crippen molar-refractivity contribution in [2.75, 3.05) is 13.2 Å². The number of nitrogens with zero attached hydrogens (tertiary/aromatic N) is 4. The normalized spacial score (nSPS) is 9.35. The van der Waals surface area contributed by atoms with Gasteiger partial charge in [0.1, 0.15) is 0 Å². The van der Waals surface area contributed by atoms with Crippen LogP contribution in [0, 0.1) is 13.1 Å². The molecule has 0 spiro atoms. The van der Waals surface area contributed by atoms with Gasteiger partial charge in [0, 0.05) is 63.4 Å². The van der Waals surface area contributed by atoms with E-state index in [4.69, 9.17) is 4.74 Å². The van der Waals surface area contributed by atoms with Gasteiger partial charge in [-0.25, -0.2) is 0 Å². The first-order valence-electron chi connectivity index (χ1n) is 5.24. The van der Waals surface area contributed by atoms with Gasteiger partial charge in [0.15, 0.2) is 0 Å². The summed E-state index contributed by atoms with van der Waals surface area (Å²) in [5.41, 5.74) is 1.50. The number of rotatable bonds is 4. The zero-order valence-corrected chi connectivity index (χ0v) is 13.1. The minimum absolute atomic E-state index is 0.